The first-order chi connectivity index (χ1) is 8.02. The van der Waals surface area contributed by atoms with Crippen LogP contribution in [0.15, 0.2) is 0 Å². The molecule has 0 rings (SSSR count). The molecule has 0 spiro atoms. The van der Waals surface area contributed by atoms with Gasteiger partial charge in [-0.1, -0.05) is 113 Å². The Morgan fingerprint density at radius 1 is 0.706 bits per heavy atom. The Kier molecular flexibility index (Phi) is 12.2. The SMILES string of the molecule is CCCCCCCCC(CCCC)C(Br)(Br)Br. The molecule has 0 aliphatic carbocycles. The molecule has 0 aromatic heterocycles. The molecule has 0 N–H and O–H groups in total. The van der Waals surface area contributed by atoms with E-state index in [4.69, 9.17) is 0 Å². The maximum atomic E-state index is 3.70. The number of hydrogen-bond acceptors (Lipinski definition) is 0. The van der Waals surface area contributed by atoms with Gasteiger partial charge in [0, 0.05) is 0 Å². The van der Waals surface area contributed by atoms with E-state index in [0.717, 1.165) is 0 Å². The van der Waals surface area contributed by atoms with E-state index >= 15 is 0 Å². The lowest BCUT2D eigenvalue weighted by Crippen LogP contribution is -2.17. The highest BCUT2D eigenvalue weighted by Gasteiger charge is 2.29. The van der Waals surface area contributed by atoms with Crippen molar-refractivity contribution >= 4 is 47.8 Å². The smallest absolute Gasteiger partial charge is 0.0654 e. The van der Waals surface area contributed by atoms with E-state index in [9.17, 15) is 0 Å². The Morgan fingerprint density at radius 2 is 1.18 bits per heavy atom. The van der Waals surface area contributed by atoms with E-state index in [1.165, 1.54) is 64.2 Å². The van der Waals surface area contributed by atoms with Crippen molar-refractivity contribution in [3.05, 3.63) is 0 Å². The molecule has 1 unspecified atom stereocenters. The Morgan fingerprint density at radius 3 is 1.71 bits per heavy atom. The number of unbranched alkanes of at least 4 members (excludes halogenated alkanes) is 6. The maximum Gasteiger partial charge on any atom is 0.137 e. The summed E-state index contributed by atoms with van der Waals surface area (Å²) in [6.45, 7) is 4.54. The van der Waals surface area contributed by atoms with Crippen molar-refractivity contribution in [1.29, 1.82) is 0 Å². The van der Waals surface area contributed by atoms with E-state index in [-0.39, 0.29) is 2.14 Å². The minimum atomic E-state index is -0.0500. The molecule has 0 aromatic carbocycles. The average molecular weight is 435 g/mol. The van der Waals surface area contributed by atoms with Gasteiger partial charge in [-0.2, -0.15) is 0 Å². The largest absolute Gasteiger partial charge is 0.137 e. The van der Waals surface area contributed by atoms with E-state index in [0.29, 0.717) is 5.92 Å². The van der Waals surface area contributed by atoms with Crippen LogP contribution in [0.3, 0.4) is 0 Å². The molecule has 0 saturated heterocycles. The van der Waals surface area contributed by atoms with Crippen LogP contribution in [0.5, 0.6) is 0 Å². The van der Waals surface area contributed by atoms with E-state index in [1.54, 1.807) is 0 Å². The summed E-state index contributed by atoms with van der Waals surface area (Å²) in [5.41, 5.74) is 0. The van der Waals surface area contributed by atoms with Gasteiger partial charge in [0.2, 0.25) is 0 Å². The highest BCUT2D eigenvalue weighted by molar-refractivity contribution is 9.39. The Labute approximate surface area is 133 Å². The molecule has 0 amide bonds. The van der Waals surface area contributed by atoms with Crippen LogP contribution in [0.25, 0.3) is 0 Å². The normalized spacial score (nSPS) is 13.9. The Bertz CT molecular complexity index is 163. The summed E-state index contributed by atoms with van der Waals surface area (Å²) in [6, 6.07) is 0. The zero-order valence-electron chi connectivity index (χ0n) is 11.3. The van der Waals surface area contributed by atoms with Crippen molar-refractivity contribution in [2.45, 2.75) is 80.2 Å². The fourth-order valence-electron chi connectivity index (χ4n) is 2.09. The molecule has 17 heavy (non-hydrogen) atoms. The summed E-state index contributed by atoms with van der Waals surface area (Å²) < 4.78 is -0.0500. The van der Waals surface area contributed by atoms with Crippen LogP contribution >= 0.6 is 47.8 Å². The van der Waals surface area contributed by atoms with Crippen LogP contribution < -0.4 is 0 Å². The molecule has 3 heteroatoms. The fraction of sp³-hybridized carbons (Fsp3) is 1.00. The van der Waals surface area contributed by atoms with Crippen molar-refractivity contribution in [2.75, 3.05) is 0 Å². The topological polar surface area (TPSA) is 0 Å². The van der Waals surface area contributed by atoms with E-state index in [2.05, 4.69) is 61.6 Å². The molecular formula is C14H27Br3. The predicted molar refractivity (Wildman–Crippen MR) is 90.5 cm³/mol. The molecule has 0 aliphatic rings. The van der Waals surface area contributed by atoms with Gasteiger partial charge in [-0.15, -0.1) is 0 Å². The maximum absolute atomic E-state index is 3.70. The summed E-state index contributed by atoms with van der Waals surface area (Å²) in [5, 5.41) is 0. The minimum absolute atomic E-state index is 0.0500. The van der Waals surface area contributed by atoms with Crippen LogP contribution in [-0.2, 0) is 0 Å². The lowest BCUT2D eigenvalue weighted by molar-refractivity contribution is 0.433. The second-order valence-electron chi connectivity index (χ2n) is 4.94. The molecule has 104 valence electrons. The number of halogens is 3. The summed E-state index contributed by atoms with van der Waals surface area (Å²) >= 11 is 11.1. The number of rotatable bonds is 10. The molecule has 0 bridgehead atoms. The second kappa shape index (κ2) is 11.3. The van der Waals surface area contributed by atoms with Gasteiger partial charge in [-0.25, -0.2) is 0 Å². The molecule has 0 heterocycles. The van der Waals surface area contributed by atoms with Gasteiger partial charge >= 0.3 is 0 Å². The van der Waals surface area contributed by atoms with Crippen molar-refractivity contribution in [1.82, 2.24) is 0 Å². The van der Waals surface area contributed by atoms with Crippen LogP contribution in [0.1, 0.15) is 78.1 Å². The zero-order chi connectivity index (χ0) is 13.1. The summed E-state index contributed by atoms with van der Waals surface area (Å²) in [5.74, 6) is 0.689. The number of alkyl halides is 3. The Hall–Kier alpha value is 1.44. The lowest BCUT2D eigenvalue weighted by Gasteiger charge is -2.25. The van der Waals surface area contributed by atoms with Gasteiger partial charge in [0.1, 0.15) is 2.14 Å². The van der Waals surface area contributed by atoms with Crippen LogP contribution in [0, 0.1) is 5.92 Å². The zero-order valence-corrected chi connectivity index (χ0v) is 16.0. The molecular weight excluding hydrogens is 408 g/mol. The first kappa shape index (κ1) is 18.4. The van der Waals surface area contributed by atoms with Crippen LogP contribution in [0.4, 0.5) is 0 Å². The number of hydrogen-bond donors (Lipinski definition) is 0. The van der Waals surface area contributed by atoms with Gasteiger partial charge in [0.15, 0.2) is 0 Å². The molecule has 0 aliphatic heterocycles. The average Bonchev–Trinajstić information content (AvgIpc) is 2.25. The highest BCUT2D eigenvalue weighted by atomic mass is 80.0. The summed E-state index contributed by atoms with van der Waals surface area (Å²) in [6.07, 6.45) is 13.5. The third-order valence-corrected chi connectivity index (χ3v) is 5.22. The molecule has 0 fully saturated rings. The van der Waals surface area contributed by atoms with Crippen molar-refractivity contribution in [3.8, 4) is 0 Å². The second-order valence-corrected chi connectivity index (χ2v) is 11.9. The third kappa shape index (κ3) is 11.0. The third-order valence-electron chi connectivity index (χ3n) is 3.28. The standard InChI is InChI=1S/C14H27Br3/c1-3-5-7-8-9-10-12-13(11-6-4-2)14(15,16)17/h13H,3-12H2,1-2H3. The van der Waals surface area contributed by atoms with Crippen molar-refractivity contribution in [2.24, 2.45) is 5.92 Å². The Balaban J connectivity index is 3.69. The van der Waals surface area contributed by atoms with E-state index < -0.39 is 0 Å². The lowest BCUT2D eigenvalue weighted by atomic mass is 9.97. The van der Waals surface area contributed by atoms with Crippen LogP contribution in [0.2, 0.25) is 0 Å². The van der Waals surface area contributed by atoms with Gasteiger partial charge in [0.25, 0.3) is 0 Å². The summed E-state index contributed by atoms with van der Waals surface area (Å²) in [7, 11) is 0. The highest BCUT2D eigenvalue weighted by Crippen LogP contribution is 2.45. The fourth-order valence-corrected chi connectivity index (χ4v) is 3.47. The van der Waals surface area contributed by atoms with Gasteiger partial charge in [0.05, 0.1) is 0 Å². The van der Waals surface area contributed by atoms with E-state index in [1.807, 2.05) is 0 Å². The first-order valence-corrected chi connectivity index (χ1v) is 9.47. The monoisotopic (exact) mass is 432 g/mol. The van der Waals surface area contributed by atoms with Crippen molar-refractivity contribution < 1.29 is 0 Å². The van der Waals surface area contributed by atoms with Gasteiger partial charge in [-0.3, -0.25) is 0 Å². The molecule has 0 nitrogen and oxygen atoms in total. The molecule has 1 atom stereocenters. The minimum Gasteiger partial charge on any atom is -0.0654 e. The van der Waals surface area contributed by atoms with Crippen LogP contribution in [-0.4, -0.2) is 2.14 Å². The molecule has 0 aromatic rings. The summed E-state index contributed by atoms with van der Waals surface area (Å²) in [4.78, 5) is 0. The predicted octanol–water partition coefficient (Wildman–Crippen LogP) is 7.38. The molecule has 0 radical (unpaired) electrons. The van der Waals surface area contributed by atoms with Crippen molar-refractivity contribution in [3.63, 3.8) is 0 Å². The first-order valence-electron chi connectivity index (χ1n) is 7.09. The van der Waals surface area contributed by atoms with Gasteiger partial charge in [-0.05, 0) is 18.8 Å². The quantitative estimate of drug-likeness (QED) is 0.248. The van der Waals surface area contributed by atoms with Gasteiger partial charge < -0.3 is 0 Å². The molecule has 0 saturated carbocycles.